The van der Waals surface area contributed by atoms with Crippen LogP contribution in [0, 0.1) is 0 Å². The Hall–Kier alpha value is -0.890. The molecule has 0 saturated carbocycles. The molecule has 2 unspecified atom stereocenters. The van der Waals surface area contributed by atoms with E-state index in [-0.39, 0.29) is 23.3 Å². The van der Waals surface area contributed by atoms with Crippen LogP contribution in [0.25, 0.3) is 0 Å². The molecule has 284 valence electrons. The lowest BCUT2D eigenvalue weighted by Gasteiger charge is -2.55. The minimum atomic E-state index is -0.580. The van der Waals surface area contributed by atoms with Crippen molar-refractivity contribution in [2.75, 3.05) is 13.2 Å². The van der Waals surface area contributed by atoms with E-state index in [0.29, 0.717) is 13.2 Å². The molecule has 0 bridgehead atoms. The topological polar surface area (TPSA) is 60.5 Å². The first-order valence-electron chi connectivity index (χ1n) is 20.4. The molecule has 0 aliphatic carbocycles. The van der Waals surface area contributed by atoms with E-state index >= 15 is 0 Å². The van der Waals surface area contributed by atoms with Gasteiger partial charge in [0.25, 0.3) is 0 Å². The van der Waals surface area contributed by atoms with Crippen LogP contribution < -0.4 is 0 Å². The summed E-state index contributed by atoms with van der Waals surface area (Å²) in [7, 11) is 0. The highest BCUT2D eigenvalue weighted by molar-refractivity contribution is 5.61. The van der Waals surface area contributed by atoms with Crippen molar-refractivity contribution < 1.29 is 23.9 Å². The largest absolute Gasteiger partial charge is 0.508 e. The molecule has 2 rings (SSSR count). The second-order valence-corrected chi connectivity index (χ2v) is 17.4. The second kappa shape index (κ2) is 21.5. The van der Waals surface area contributed by atoms with E-state index in [1.165, 1.54) is 103 Å². The van der Waals surface area contributed by atoms with Gasteiger partial charge >= 0.3 is 6.16 Å². The van der Waals surface area contributed by atoms with Crippen LogP contribution in [0.1, 0.15) is 210 Å². The van der Waals surface area contributed by atoms with Crippen LogP contribution in [0.15, 0.2) is 0 Å². The predicted molar refractivity (Wildman–Crippen MR) is 200 cm³/mol. The Balaban J connectivity index is 1.84. The molecule has 0 N–H and O–H groups in total. The lowest BCUT2D eigenvalue weighted by Crippen LogP contribution is -2.66. The number of carbonyl (C=O) groups excluding carboxylic acids is 1. The van der Waals surface area contributed by atoms with E-state index in [0.717, 1.165) is 38.5 Å². The van der Waals surface area contributed by atoms with Crippen molar-refractivity contribution >= 4 is 6.16 Å². The molecule has 2 saturated heterocycles. The molecule has 48 heavy (non-hydrogen) atoms. The van der Waals surface area contributed by atoms with Crippen LogP contribution in [0.4, 0.5) is 4.79 Å². The zero-order chi connectivity index (χ0) is 35.7. The molecule has 0 spiro atoms. The highest BCUT2D eigenvalue weighted by Crippen LogP contribution is 2.42. The molecule has 0 aromatic rings. The highest BCUT2D eigenvalue weighted by atomic mass is 16.7. The third-order valence-corrected chi connectivity index (χ3v) is 11.2. The van der Waals surface area contributed by atoms with Gasteiger partial charge in [-0.15, -0.1) is 0 Å². The predicted octanol–water partition coefficient (Wildman–Crippen LogP) is 12.1. The normalized spacial score (nSPS) is 23.6. The number of unbranched alkanes of at least 4 members (excludes halogenated alkanes) is 16. The fourth-order valence-electron chi connectivity index (χ4n) is 8.19. The van der Waals surface area contributed by atoms with Gasteiger partial charge in [-0.25, -0.2) is 4.79 Å². The molecule has 7 nitrogen and oxygen atoms in total. The SMILES string of the molecule is CCCCCCCCCCCON1C(C)(C)CCC(OC(=O)OC2CCC(C)(C)N(OCCCCCCCCCCC)C2(C)C)C1(C)C. The Morgan fingerprint density at radius 2 is 0.792 bits per heavy atom. The summed E-state index contributed by atoms with van der Waals surface area (Å²) in [5.74, 6) is 0. The van der Waals surface area contributed by atoms with Crippen molar-refractivity contribution in [2.45, 2.75) is 245 Å². The van der Waals surface area contributed by atoms with Crippen molar-refractivity contribution in [3.63, 3.8) is 0 Å². The molecule has 0 radical (unpaired) electrons. The number of hydrogen-bond donors (Lipinski definition) is 0. The Bertz CT molecular complexity index is 805. The van der Waals surface area contributed by atoms with Crippen LogP contribution in [-0.2, 0) is 19.1 Å². The Labute approximate surface area is 297 Å². The minimum absolute atomic E-state index is 0.143. The number of hydrogen-bond acceptors (Lipinski definition) is 7. The van der Waals surface area contributed by atoms with E-state index in [9.17, 15) is 4.79 Å². The first-order valence-corrected chi connectivity index (χ1v) is 20.4. The van der Waals surface area contributed by atoms with Crippen LogP contribution in [0.5, 0.6) is 0 Å². The molecule has 2 atom stereocenters. The number of nitrogens with zero attached hydrogens (tertiary/aromatic N) is 2. The zero-order valence-corrected chi connectivity index (χ0v) is 33.6. The van der Waals surface area contributed by atoms with Crippen molar-refractivity contribution in [3.05, 3.63) is 0 Å². The van der Waals surface area contributed by atoms with Crippen LogP contribution in [0.2, 0.25) is 0 Å². The van der Waals surface area contributed by atoms with E-state index < -0.39 is 17.2 Å². The first-order chi connectivity index (χ1) is 22.7. The van der Waals surface area contributed by atoms with Crippen molar-refractivity contribution in [3.8, 4) is 0 Å². The molecule has 2 aliphatic heterocycles. The van der Waals surface area contributed by atoms with Gasteiger partial charge in [-0.2, -0.15) is 10.1 Å². The molecule has 0 amide bonds. The van der Waals surface area contributed by atoms with Gasteiger partial charge in [-0.05, 0) is 93.9 Å². The van der Waals surface area contributed by atoms with E-state index in [1.54, 1.807) is 0 Å². The van der Waals surface area contributed by atoms with Gasteiger partial charge in [0.15, 0.2) is 0 Å². The highest BCUT2D eigenvalue weighted by Gasteiger charge is 2.53. The van der Waals surface area contributed by atoms with Gasteiger partial charge in [0.2, 0.25) is 0 Å². The average Bonchev–Trinajstić information content (AvgIpc) is 3.00. The van der Waals surface area contributed by atoms with Gasteiger partial charge in [-0.3, -0.25) is 9.68 Å². The van der Waals surface area contributed by atoms with E-state index in [2.05, 4.69) is 79.4 Å². The summed E-state index contributed by atoms with van der Waals surface area (Å²) in [5.41, 5.74) is -1.24. The summed E-state index contributed by atoms with van der Waals surface area (Å²) in [6, 6.07) is 0. The van der Waals surface area contributed by atoms with Crippen molar-refractivity contribution in [1.29, 1.82) is 0 Å². The van der Waals surface area contributed by atoms with Crippen molar-refractivity contribution in [2.24, 2.45) is 0 Å². The zero-order valence-electron chi connectivity index (χ0n) is 33.6. The molecule has 7 heteroatoms. The lowest BCUT2D eigenvalue weighted by molar-refractivity contribution is -0.310. The van der Waals surface area contributed by atoms with Gasteiger partial charge in [0.05, 0.1) is 24.3 Å². The van der Waals surface area contributed by atoms with Crippen molar-refractivity contribution in [1.82, 2.24) is 10.1 Å². The number of carbonyl (C=O) groups is 1. The number of hydroxylamine groups is 4. The maximum Gasteiger partial charge on any atom is 0.508 e. The molecule has 2 aliphatic rings. The molecule has 0 aromatic heterocycles. The molecule has 0 aromatic carbocycles. The monoisotopic (exact) mass is 681 g/mol. The second-order valence-electron chi connectivity index (χ2n) is 17.4. The smallest absolute Gasteiger partial charge is 0.429 e. The first kappa shape index (κ1) is 43.3. The van der Waals surface area contributed by atoms with Crippen LogP contribution in [-0.4, -0.2) is 63.9 Å². The maximum absolute atomic E-state index is 13.4. The summed E-state index contributed by atoms with van der Waals surface area (Å²) < 4.78 is 12.3. The maximum atomic E-state index is 13.4. The summed E-state index contributed by atoms with van der Waals surface area (Å²) in [6.45, 7) is 23.4. The minimum Gasteiger partial charge on any atom is -0.429 e. The summed E-state index contributed by atoms with van der Waals surface area (Å²) in [4.78, 5) is 26.4. The summed E-state index contributed by atoms with van der Waals surface area (Å²) in [5, 5.41) is 4.22. The van der Waals surface area contributed by atoms with Gasteiger partial charge in [0, 0.05) is 11.1 Å². The Morgan fingerprint density at radius 1 is 0.500 bits per heavy atom. The lowest BCUT2D eigenvalue weighted by atomic mass is 9.79. The molecular weight excluding hydrogens is 600 g/mol. The van der Waals surface area contributed by atoms with Crippen LogP contribution >= 0.6 is 0 Å². The Kier molecular flexibility index (Phi) is 19.4. The summed E-state index contributed by atoms with van der Waals surface area (Å²) >= 11 is 0. The number of piperidine rings is 2. The third kappa shape index (κ3) is 14.0. The average molecular weight is 681 g/mol. The number of ether oxygens (including phenoxy) is 2. The van der Waals surface area contributed by atoms with Crippen LogP contribution in [0.3, 0.4) is 0 Å². The fraction of sp³-hybridized carbons (Fsp3) is 0.976. The Morgan fingerprint density at radius 3 is 1.10 bits per heavy atom. The fourth-order valence-corrected chi connectivity index (χ4v) is 8.19. The van der Waals surface area contributed by atoms with E-state index in [1.807, 2.05) is 0 Å². The van der Waals surface area contributed by atoms with Gasteiger partial charge in [0.1, 0.15) is 12.2 Å². The quantitative estimate of drug-likeness (QED) is 0.0742. The molecular formula is C41H80N2O5. The third-order valence-electron chi connectivity index (χ3n) is 11.2. The van der Waals surface area contributed by atoms with Gasteiger partial charge < -0.3 is 9.47 Å². The van der Waals surface area contributed by atoms with E-state index in [4.69, 9.17) is 19.1 Å². The summed E-state index contributed by atoms with van der Waals surface area (Å²) in [6.07, 6.45) is 25.3. The molecule has 2 fully saturated rings. The number of rotatable bonds is 24. The standard InChI is InChI=1S/C41H80N2O5/c1-11-13-15-17-19-21-23-25-27-33-45-42-38(3,4)31-29-35(40(42,7)8)47-37(44)48-36-30-32-39(5,6)43(41(36,9)10)46-34-28-26-24-22-20-18-16-14-12-2/h35-36H,11-34H2,1-10H3. The van der Waals surface area contributed by atoms with Gasteiger partial charge in [-0.1, -0.05) is 117 Å². The molecule has 2 heterocycles.